The summed E-state index contributed by atoms with van der Waals surface area (Å²) in [6.45, 7) is 1.67. The number of anilines is 1. The van der Waals surface area contributed by atoms with Gasteiger partial charge in [-0.05, 0) is 18.2 Å². The quantitative estimate of drug-likeness (QED) is 0.750. The Balaban J connectivity index is 1.98. The molecule has 100 valence electrons. The van der Waals surface area contributed by atoms with Gasteiger partial charge in [0.15, 0.2) is 5.58 Å². The van der Waals surface area contributed by atoms with Gasteiger partial charge >= 0.3 is 5.76 Å². The number of H-pyrrole nitrogens is 1. The van der Waals surface area contributed by atoms with Crippen LogP contribution in [-0.4, -0.2) is 23.3 Å². The van der Waals surface area contributed by atoms with Gasteiger partial charge in [-0.25, -0.2) is 4.79 Å². The van der Waals surface area contributed by atoms with Gasteiger partial charge in [0, 0.05) is 25.6 Å². The Morgan fingerprint density at radius 1 is 1.37 bits per heavy atom. The zero-order chi connectivity index (χ0) is 13.8. The first-order valence-electron chi connectivity index (χ1n) is 5.72. The van der Waals surface area contributed by atoms with E-state index in [2.05, 4.69) is 15.6 Å². The molecule has 7 heteroatoms. The van der Waals surface area contributed by atoms with Crippen LogP contribution in [0, 0.1) is 0 Å². The van der Waals surface area contributed by atoms with Gasteiger partial charge in [0.25, 0.3) is 0 Å². The topological polar surface area (TPSA) is 104 Å². The van der Waals surface area contributed by atoms with Crippen molar-refractivity contribution in [2.75, 3.05) is 11.9 Å². The summed E-state index contributed by atoms with van der Waals surface area (Å²) in [7, 11) is 0. The van der Waals surface area contributed by atoms with E-state index in [-0.39, 0.29) is 24.8 Å². The van der Waals surface area contributed by atoms with Crippen molar-refractivity contribution < 1.29 is 14.0 Å². The Morgan fingerprint density at radius 3 is 2.89 bits per heavy atom. The minimum absolute atomic E-state index is 0.176. The number of nitrogens with one attached hydrogen (secondary N) is 3. The third kappa shape index (κ3) is 3.44. The molecule has 2 aromatic rings. The summed E-state index contributed by atoms with van der Waals surface area (Å²) >= 11 is 0. The molecule has 3 N–H and O–H groups in total. The highest BCUT2D eigenvalue weighted by Crippen LogP contribution is 2.16. The van der Waals surface area contributed by atoms with Crippen LogP contribution in [0.2, 0.25) is 0 Å². The Labute approximate surface area is 108 Å². The molecule has 0 saturated heterocycles. The van der Waals surface area contributed by atoms with Crippen molar-refractivity contribution in [1.29, 1.82) is 0 Å². The van der Waals surface area contributed by atoms with E-state index >= 15 is 0 Å². The summed E-state index contributed by atoms with van der Waals surface area (Å²) in [6.07, 6.45) is 0.180. The number of hydrogen-bond donors (Lipinski definition) is 3. The minimum atomic E-state index is -0.538. The molecule has 0 atom stereocenters. The molecule has 7 nitrogen and oxygen atoms in total. The number of oxazole rings is 1. The summed E-state index contributed by atoms with van der Waals surface area (Å²) in [4.78, 5) is 35.7. The van der Waals surface area contributed by atoms with Gasteiger partial charge in [-0.3, -0.25) is 14.6 Å². The van der Waals surface area contributed by atoms with Crippen LogP contribution in [0.15, 0.2) is 27.4 Å². The fraction of sp³-hybridized carbons (Fsp3) is 0.250. The lowest BCUT2D eigenvalue weighted by Gasteiger charge is -2.05. The van der Waals surface area contributed by atoms with Crippen molar-refractivity contribution in [2.45, 2.75) is 13.3 Å². The van der Waals surface area contributed by atoms with Crippen LogP contribution in [0.5, 0.6) is 0 Å². The summed E-state index contributed by atoms with van der Waals surface area (Å²) in [5.74, 6) is -0.937. The number of aromatic nitrogens is 1. The second-order valence-electron chi connectivity index (χ2n) is 4.01. The second kappa shape index (κ2) is 5.38. The molecule has 1 aromatic carbocycles. The number of benzene rings is 1. The smallest absolute Gasteiger partial charge is 0.408 e. The van der Waals surface area contributed by atoms with E-state index in [4.69, 9.17) is 4.42 Å². The summed E-state index contributed by atoms with van der Waals surface area (Å²) in [5, 5.41) is 5.20. The first kappa shape index (κ1) is 12.9. The van der Waals surface area contributed by atoms with Crippen LogP contribution in [0.25, 0.3) is 11.1 Å². The lowest BCUT2D eigenvalue weighted by Crippen LogP contribution is -2.25. The summed E-state index contributed by atoms with van der Waals surface area (Å²) < 4.78 is 4.85. The van der Waals surface area contributed by atoms with Crippen molar-refractivity contribution in [3.8, 4) is 0 Å². The van der Waals surface area contributed by atoms with E-state index in [9.17, 15) is 14.4 Å². The molecule has 0 aliphatic carbocycles. The molecule has 0 saturated carbocycles. The molecule has 0 unspecified atom stereocenters. The van der Waals surface area contributed by atoms with Crippen LogP contribution >= 0.6 is 0 Å². The van der Waals surface area contributed by atoms with Crippen LogP contribution in [0.4, 0.5) is 5.69 Å². The first-order valence-corrected chi connectivity index (χ1v) is 5.72. The average molecular weight is 263 g/mol. The predicted molar refractivity (Wildman–Crippen MR) is 68.8 cm³/mol. The van der Waals surface area contributed by atoms with Gasteiger partial charge in [0.05, 0.1) is 5.52 Å². The number of carbonyl (C=O) groups is 2. The average Bonchev–Trinajstić information content (AvgIpc) is 2.67. The maximum absolute atomic E-state index is 11.6. The number of fused-ring (bicyclic) bond motifs is 1. The Bertz CT molecular complexity index is 671. The molecule has 19 heavy (non-hydrogen) atoms. The van der Waals surface area contributed by atoms with Crippen molar-refractivity contribution in [1.82, 2.24) is 10.3 Å². The third-order valence-electron chi connectivity index (χ3n) is 2.43. The maximum Gasteiger partial charge on any atom is 0.417 e. The van der Waals surface area contributed by atoms with E-state index in [0.717, 1.165) is 0 Å². The SMILES string of the molecule is CC(=O)NCCC(=O)Nc1ccc2oc(=O)[nH]c2c1. The van der Waals surface area contributed by atoms with Gasteiger partial charge in [-0.1, -0.05) is 0 Å². The van der Waals surface area contributed by atoms with Gasteiger partial charge in [-0.15, -0.1) is 0 Å². The van der Waals surface area contributed by atoms with E-state index < -0.39 is 5.76 Å². The first-order chi connectivity index (χ1) is 9.04. The molecule has 0 aliphatic rings. The molecular weight excluding hydrogens is 250 g/mol. The molecule has 2 amide bonds. The van der Waals surface area contributed by atoms with Crippen LogP contribution in [-0.2, 0) is 9.59 Å². The van der Waals surface area contributed by atoms with E-state index in [1.807, 2.05) is 0 Å². The maximum atomic E-state index is 11.6. The zero-order valence-corrected chi connectivity index (χ0v) is 10.3. The highest BCUT2D eigenvalue weighted by atomic mass is 16.4. The zero-order valence-electron chi connectivity index (χ0n) is 10.3. The molecule has 0 bridgehead atoms. The fourth-order valence-corrected chi connectivity index (χ4v) is 1.61. The number of aromatic amines is 1. The highest BCUT2D eigenvalue weighted by molar-refractivity contribution is 5.93. The van der Waals surface area contributed by atoms with E-state index in [0.29, 0.717) is 16.8 Å². The van der Waals surface area contributed by atoms with Crippen molar-refractivity contribution >= 4 is 28.6 Å². The van der Waals surface area contributed by atoms with E-state index in [1.54, 1.807) is 18.2 Å². The third-order valence-corrected chi connectivity index (χ3v) is 2.43. The molecular formula is C12H13N3O4. The Kier molecular flexibility index (Phi) is 3.65. The lowest BCUT2D eigenvalue weighted by molar-refractivity contribution is -0.119. The molecule has 2 rings (SSSR count). The molecule has 1 aromatic heterocycles. The normalized spacial score (nSPS) is 10.4. The minimum Gasteiger partial charge on any atom is -0.408 e. The molecule has 0 spiro atoms. The lowest BCUT2D eigenvalue weighted by atomic mass is 10.2. The Morgan fingerprint density at radius 2 is 2.16 bits per heavy atom. The van der Waals surface area contributed by atoms with Crippen molar-refractivity contribution in [3.63, 3.8) is 0 Å². The van der Waals surface area contributed by atoms with Crippen LogP contribution in [0.3, 0.4) is 0 Å². The Hall–Kier alpha value is -2.57. The van der Waals surface area contributed by atoms with Gasteiger partial charge in [0.2, 0.25) is 11.8 Å². The standard InChI is InChI=1S/C12H13N3O4/c1-7(16)13-5-4-11(17)14-8-2-3-10-9(6-8)15-12(18)19-10/h2-3,6H,4-5H2,1H3,(H,13,16)(H,14,17)(H,15,18). The van der Waals surface area contributed by atoms with Crippen molar-refractivity contribution in [3.05, 3.63) is 28.7 Å². The molecule has 0 radical (unpaired) electrons. The summed E-state index contributed by atoms with van der Waals surface area (Å²) in [5.41, 5.74) is 1.50. The fourth-order valence-electron chi connectivity index (χ4n) is 1.61. The highest BCUT2D eigenvalue weighted by Gasteiger charge is 2.05. The molecule has 0 aliphatic heterocycles. The summed E-state index contributed by atoms with van der Waals surface area (Å²) in [6, 6.07) is 4.84. The number of hydrogen-bond acceptors (Lipinski definition) is 4. The number of amides is 2. The monoisotopic (exact) mass is 263 g/mol. The van der Waals surface area contributed by atoms with Crippen LogP contribution < -0.4 is 16.4 Å². The van der Waals surface area contributed by atoms with Gasteiger partial charge in [0.1, 0.15) is 0 Å². The number of carbonyl (C=O) groups excluding carboxylic acids is 2. The molecule has 1 heterocycles. The number of rotatable bonds is 4. The molecule has 0 fully saturated rings. The predicted octanol–water partition coefficient (Wildman–Crippen LogP) is 0.586. The van der Waals surface area contributed by atoms with Crippen molar-refractivity contribution in [2.24, 2.45) is 0 Å². The van der Waals surface area contributed by atoms with Crippen LogP contribution in [0.1, 0.15) is 13.3 Å². The largest absolute Gasteiger partial charge is 0.417 e. The van der Waals surface area contributed by atoms with E-state index in [1.165, 1.54) is 6.92 Å². The second-order valence-corrected chi connectivity index (χ2v) is 4.01. The van der Waals surface area contributed by atoms with Gasteiger partial charge in [-0.2, -0.15) is 0 Å². The van der Waals surface area contributed by atoms with Gasteiger partial charge < -0.3 is 15.1 Å².